The minimum absolute atomic E-state index is 0.0346. The van der Waals surface area contributed by atoms with Crippen LogP contribution in [0.1, 0.15) is 24.2 Å². The van der Waals surface area contributed by atoms with Crippen molar-refractivity contribution >= 4 is 12.0 Å². The Bertz CT molecular complexity index is 907. The molecular formula is C20H20N4O. The van der Waals surface area contributed by atoms with Crippen molar-refractivity contribution in [2.45, 2.75) is 19.5 Å². The van der Waals surface area contributed by atoms with Gasteiger partial charge in [-0.05, 0) is 37.3 Å². The molecule has 5 heteroatoms. The maximum absolute atomic E-state index is 12.6. The van der Waals surface area contributed by atoms with Gasteiger partial charge in [0.05, 0.1) is 17.9 Å². The highest BCUT2D eigenvalue weighted by molar-refractivity contribution is 5.92. The predicted octanol–water partition coefficient (Wildman–Crippen LogP) is 3.29. The van der Waals surface area contributed by atoms with Crippen molar-refractivity contribution in [1.29, 1.82) is 0 Å². The van der Waals surface area contributed by atoms with Crippen LogP contribution in [0.3, 0.4) is 0 Å². The number of benzene rings is 1. The normalized spacial score (nSPS) is 17.0. The molecule has 0 spiro atoms. The molecule has 1 aliphatic heterocycles. The second-order valence-electron chi connectivity index (χ2n) is 6.22. The van der Waals surface area contributed by atoms with Crippen molar-refractivity contribution in [2.24, 2.45) is 0 Å². The summed E-state index contributed by atoms with van der Waals surface area (Å²) in [6.07, 6.45) is 9.23. The molecule has 1 aliphatic rings. The summed E-state index contributed by atoms with van der Waals surface area (Å²) in [6.45, 7) is 3.65. The van der Waals surface area contributed by atoms with E-state index in [2.05, 4.69) is 28.9 Å². The average molecular weight is 332 g/mol. The summed E-state index contributed by atoms with van der Waals surface area (Å²) < 4.78 is 4.02. The Morgan fingerprint density at radius 1 is 1.16 bits per heavy atom. The summed E-state index contributed by atoms with van der Waals surface area (Å²) >= 11 is 0. The minimum Gasteiger partial charge on any atom is -0.348 e. The van der Waals surface area contributed by atoms with Crippen LogP contribution in [0.4, 0.5) is 0 Å². The van der Waals surface area contributed by atoms with Gasteiger partial charge in [-0.25, -0.2) is 4.68 Å². The third kappa shape index (κ3) is 3.01. The van der Waals surface area contributed by atoms with Crippen LogP contribution in [0.5, 0.6) is 0 Å². The topological polar surface area (TPSA) is 43.1 Å². The van der Waals surface area contributed by atoms with Gasteiger partial charge in [0.25, 0.3) is 0 Å². The van der Waals surface area contributed by atoms with E-state index in [4.69, 9.17) is 0 Å². The summed E-state index contributed by atoms with van der Waals surface area (Å²) in [4.78, 5) is 14.5. The number of fused-ring (bicyclic) bond motifs is 1. The van der Waals surface area contributed by atoms with Crippen LogP contribution >= 0.6 is 0 Å². The zero-order valence-electron chi connectivity index (χ0n) is 14.1. The van der Waals surface area contributed by atoms with E-state index in [0.717, 1.165) is 24.3 Å². The molecule has 126 valence electrons. The van der Waals surface area contributed by atoms with Gasteiger partial charge in [-0.3, -0.25) is 4.79 Å². The van der Waals surface area contributed by atoms with Gasteiger partial charge in [0.2, 0.25) is 5.91 Å². The Hall–Kier alpha value is -3.08. The Morgan fingerprint density at radius 2 is 2.00 bits per heavy atom. The number of para-hydroxylation sites is 1. The predicted molar refractivity (Wildman–Crippen MR) is 97.2 cm³/mol. The highest BCUT2D eigenvalue weighted by Crippen LogP contribution is 2.25. The maximum Gasteiger partial charge on any atom is 0.247 e. The number of amides is 1. The Morgan fingerprint density at radius 3 is 2.84 bits per heavy atom. The largest absolute Gasteiger partial charge is 0.348 e. The highest BCUT2D eigenvalue weighted by Gasteiger charge is 2.25. The second kappa shape index (κ2) is 6.43. The maximum atomic E-state index is 12.6. The van der Waals surface area contributed by atoms with Crippen LogP contribution in [0.2, 0.25) is 0 Å². The SMILES string of the molecule is CC1c2cccn2CCN1C(=O)/C=C/c1cnn(-c2ccccc2)c1. The molecule has 0 fully saturated rings. The molecule has 0 N–H and O–H groups in total. The van der Waals surface area contributed by atoms with Gasteiger partial charge in [0.1, 0.15) is 0 Å². The summed E-state index contributed by atoms with van der Waals surface area (Å²) in [5, 5.41) is 4.35. The number of nitrogens with zero attached hydrogens (tertiary/aromatic N) is 4. The second-order valence-corrected chi connectivity index (χ2v) is 6.22. The molecule has 1 aromatic carbocycles. The summed E-state index contributed by atoms with van der Waals surface area (Å²) in [7, 11) is 0. The summed E-state index contributed by atoms with van der Waals surface area (Å²) in [6, 6.07) is 14.1. The molecule has 1 unspecified atom stereocenters. The zero-order chi connectivity index (χ0) is 17.2. The van der Waals surface area contributed by atoms with Crippen LogP contribution in [-0.2, 0) is 11.3 Å². The van der Waals surface area contributed by atoms with Crippen LogP contribution < -0.4 is 0 Å². The van der Waals surface area contributed by atoms with Crippen LogP contribution in [0.25, 0.3) is 11.8 Å². The van der Waals surface area contributed by atoms with Crippen LogP contribution in [0.15, 0.2) is 67.1 Å². The molecule has 1 atom stereocenters. The number of carbonyl (C=O) groups is 1. The van der Waals surface area contributed by atoms with Gasteiger partial charge < -0.3 is 9.47 Å². The van der Waals surface area contributed by atoms with E-state index in [0.29, 0.717) is 0 Å². The van der Waals surface area contributed by atoms with E-state index < -0.39 is 0 Å². The van der Waals surface area contributed by atoms with E-state index in [9.17, 15) is 4.79 Å². The third-order valence-electron chi connectivity index (χ3n) is 4.67. The molecule has 1 amide bonds. The molecule has 25 heavy (non-hydrogen) atoms. The standard InChI is InChI=1S/C20H20N4O/c1-16-19-8-5-11-22(19)12-13-23(16)20(25)10-9-17-14-21-24(15-17)18-6-3-2-4-7-18/h2-11,14-16H,12-13H2,1H3/b10-9+. The number of rotatable bonds is 3. The summed E-state index contributed by atoms with van der Waals surface area (Å²) in [5.74, 6) is 0.0346. The Labute approximate surface area is 146 Å². The Kier molecular flexibility index (Phi) is 3.98. The van der Waals surface area contributed by atoms with E-state index in [1.165, 1.54) is 5.69 Å². The smallest absolute Gasteiger partial charge is 0.247 e. The molecule has 3 heterocycles. The van der Waals surface area contributed by atoms with Crippen molar-refractivity contribution in [1.82, 2.24) is 19.2 Å². The zero-order valence-corrected chi connectivity index (χ0v) is 14.1. The number of hydrogen-bond donors (Lipinski definition) is 0. The highest BCUT2D eigenvalue weighted by atomic mass is 16.2. The molecular weight excluding hydrogens is 312 g/mol. The molecule has 0 radical (unpaired) electrons. The first-order valence-electron chi connectivity index (χ1n) is 8.46. The van der Waals surface area contributed by atoms with Gasteiger partial charge in [-0.2, -0.15) is 5.10 Å². The number of aromatic nitrogens is 3. The fraction of sp³-hybridized carbons (Fsp3) is 0.200. The lowest BCUT2D eigenvalue weighted by atomic mass is 10.1. The quantitative estimate of drug-likeness (QED) is 0.691. The van der Waals surface area contributed by atoms with Crippen molar-refractivity contribution in [3.8, 4) is 5.69 Å². The van der Waals surface area contributed by atoms with Crippen molar-refractivity contribution in [2.75, 3.05) is 6.54 Å². The van der Waals surface area contributed by atoms with Crippen molar-refractivity contribution in [3.63, 3.8) is 0 Å². The Balaban J connectivity index is 1.47. The summed E-state index contributed by atoms with van der Waals surface area (Å²) in [5.41, 5.74) is 3.09. The first-order chi connectivity index (χ1) is 12.2. The molecule has 3 aromatic rings. The lowest BCUT2D eigenvalue weighted by Crippen LogP contribution is -2.39. The van der Waals surface area contributed by atoms with Crippen molar-refractivity contribution in [3.05, 3.63) is 78.4 Å². The fourth-order valence-electron chi connectivity index (χ4n) is 3.29. The third-order valence-corrected chi connectivity index (χ3v) is 4.67. The van der Waals surface area contributed by atoms with E-state index >= 15 is 0 Å². The number of carbonyl (C=O) groups excluding carboxylic acids is 1. The van der Waals surface area contributed by atoms with Crippen molar-refractivity contribution < 1.29 is 4.79 Å². The van der Waals surface area contributed by atoms with Crippen LogP contribution in [0, 0.1) is 0 Å². The van der Waals surface area contributed by atoms with Gasteiger partial charge in [0, 0.05) is 42.8 Å². The molecule has 0 saturated heterocycles. The van der Waals surface area contributed by atoms with Gasteiger partial charge in [0.15, 0.2) is 0 Å². The first-order valence-corrected chi connectivity index (χ1v) is 8.46. The van der Waals surface area contributed by atoms with Gasteiger partial charge in [-0.15, -0.1) is 0 Å². The lowest BCUT2D eigenvalue weighted by Gasteiger charge is -2.34. The number of hydrogen-bond acceptors (Lipinski definition) is 2. The average Bonchev–Trinajstić information content (AvgIpc) is 3.30. The fourth-order valence-corrected chi connectivity index (χ4v) is 3.29. The molecule has 2 aromatic heterocycles. The van der Waals surface area contributed by atoms with Gasteiger partial charge in [-0.1, -0.05) is 18.2 Å². The molecule has 5 nitrogen and oxygen atoms in total. The molecule has 0 aliphatic carbocycles. The minimum atomic E-state index is 0.0346. The van der Waals surface area contributed by atoms with Crippen LogP contribution in [-0.4, -0.2) is 31.7 Å². The molecule has 0 saturated carbocycles. The van der Waals surface area contributed by atoms with E-state index in [1.54, 1.807) is 17.0 Å². The monoisotopic (exact) mass is 332 g/mol. The molecule has 0 bridgehead atoms. The van der Waals surface area contributed by atoms with Gasteiger partial charge >= 0.3 is 0 Å². The lowest BCUT2D eigenvalue weighted by molar-refractivity contribution is -0.129. The van der Waals surface area contributed by atoms with E-state index in [1.807, 2.05) is 53.6 Å². The van der Waals surface area contributed by atoms with E-state index in [-0.39, 0.29) is 11.9 Å². The molecule has 4 rings (SSSR count). The first kappa shape index (κ1) is 15.4.